The van der Waals surface area contributed by atoms with Crippen LogP contribution in [0, 0.1) is 5.82 Å². The molecule has 0 aliphatic carbocycles. The van der Waals surface area contributed by atoms with Gasteiger partial charge in [-0.2, -0.15) is 0 Å². The number of carbonyl (C=O) groups excluding carboxylic acids is 2. The summed E-state index contributed by atoms with van der Waals surface area (Å²) in [5, 5.41) is 2.04. The first-order valence-electron chi connectivity index (χ1n) is 12.0. The Bertz CT molecular complexity index is 1170. The van der Waals surface area contributed by atoms with Gasteiger partial charge in [-0.05, 0) is 66.1 Å². The topological polar surface area (TPSA) is 49.9 Å². The van der Waals surface area contributed by atoms with Crippen molar-refractivity contribution < 1.29 is 18.7 Å². The van der Waals surface area contributed by atoms with E-state index >= 15 is 0 Å². The highest BCUT2D eigenvalue weighted by molar-refractivity contribution is 7.10. The molecule has 7 heteroatoms. The number of hydrogen-bond donors (Lipinski definition) is 0. The normalized spacial score (nSPS) is 15.1. The maximum absolute atomic E-state index is 14.2. The van der Waals surface area contributed by atoms with Crippen molar-refractivity contribution in [2.45, 2.75) is 39.2 Å². The maximum atomic E-state index is 14.2. The molecule has 2 aromatic carbocycles. The zero-order chi connectivity index (χ0) is 24.9. The van der Waals surface area contributed by atoms with Crippen LogP contribution in [-0.2, 0) is 11.2 Å². The Hall–Kier alpha value is -3.19. The lowest BCUT2D eigenvalue weighted by molar-refractivity contribution is -0.135. The number of nitrogens with zero attached hydrogens (tertiary/aromatic N) is 2. The predicted molar refractivity (Wildman–Crippen MR) is 136 cm³/mol. The molecule has 0 spiro atoms. The van der Waals surface area contributed by atoms with Gasteiger partial charge in [-0.25, -0.2) is 4.39 Å². The fraction of sp³-hybridized carbons (Fsp3) is 0.357. The summed E-state index contributed by atoms with van der Waals surface area (Å²) in [7, 11) is 0. The van der Waals surface area contributed by atoms with Gasteiger partial charge in [-0.15, -0.1) is 11.3 Å². The minimum absolute atomic E-state index is 0.0226. The van der Waals surface area contributed by atoms with Crippen LogP contribution in [-0.4, -0.2) is 47.9 Å². The van der Waals surface area contributed by atoms with E-state index in [0.29, 0.717) is 25.6 Å². The Morgan fingerprint density at radius 1 is 1.14 bits per heavy atom. The van der Waals surface area contributed by atoms with Crippen LogP contribution in [0.25, 0.3) is 0 Å². The van der Waals surface area contributed by atoms with Gasteiger partial charge in [-0.1, -0.05) is 38.1 Å². The molecule has 3 aromatic rings. The summed E-state index contributed by atoms with van der Waals surface area (Å²) < 4.78 is 20.3. The highest BCUT2D eigenvalue weighted by atomic mass is 32.1. The van der Waals surface area contributed by atoms with E-state index in [1.54, 1.807) is 35.3 Å². The number of likely N-dealkylation sites (N-methyl/N-ethyl adjacent to an activating group) is 1. The van der Waals surface area contributed by atoms with Crippen molar-refractivity contribution in [1.82, 2.24) is 9.80 Å². The molecule has 1 atom stereocenters. The molecule has 184 valence electrons. The molecule has 2 amide bonds. The van der Waals surface area contributed by atoms with E-state index in [0.717, 1.165) is 17.7 Å². The Kier molecular flexibility index (Phi) is 7.86. The lowest BCUT2D eigenvalue weighted by atomic mass is 10.00. The average Bonchev–Trinajstić information content (AvgIpc) is 3.35. The third-order valence-electron chi connectivity index (χ3n) is 6.47. The van der Waals surface area contributed by atoms with E-state index in [9.17, 15) is 14.0 Å². The van der Waals surface area contributed by atoms with Gasteiger partial charge in [0.15, 0.2) is 0 Å². The van der Waals surface area contributed by atoms with Crippen molar-refractivity contribution in [2.24, 2.45) is 0 Å². The van der Waals surface area contributed by atoms with E-state index in [-0.39, 0.29) is 24.1 Å². The van der Waals surface area contributed by atoms with Crippen LogP contribution in [0.4, 0.5) is 4.39 Å². The molecule has 0 bridgehead atoms. The number of ether oxygens (including phenoxy) is 1. The average molecular weight is 495 g/mol. The van der Waals surface area contributed by atoms with Gasteiger partial charge in [-0.3, -0.25) is 9.59 Å². The maximum Gasteiger partial charge on any atom is 0.257 e. The van der Waals surface area contributed by atoms with Crippen molar-refractivity contribution in [2.75, 3.05) is 26.2 Å². The molecular weight excluding hydrogens is 463 g/mol. The first-order chi connectivity index (χ1) is 16.9. The molecule has 1 aromatic heterocycles. The van der Waals surface area contributed by atoms with E-state index in [1.807, 2.05) is 17.5 Å². The number of halogens is 1. The number of benzene rings is 2. The number of amides is 2. The molecule has 0 radical (unpaired) electrons. The third-order valence-corrected chi connectivity index (χ3v) is 7.47. The number of fused-ring (bicyclic) bond motifs is 1. The third kappa shape index (κ3) is 5.56. The Morgan fingerprint density at radius 3 is 2.57 bits per heavy atom. The van der Waals surface area contributed by atoms with Crippen LogP contribution in [0.2, 0.25) is 0 Å². The molecular formula is C28H31FN2O3S. The lowest BCUT2D eigenvalue weighted by Crippen LogP contribution is -2.47. The van der Waals surface area contributed by atoms with Gasteiger partial charge in [0, 0.05) is 18.0 Å². The number of carbonyl (C=O) groups is 2. The summed E-state index contributed by atoms with van der Waals surface area (Å²) in [5.41, 5.74) is 2.31. The fourth-order valence-corrected chi connectivity index (χ4v) is 5.31. The largest absolute Gasteiger partial charge is 0.491 e. The second-order valence-electron chi connectivity index (χ2n) is 8.99. The molecule has 5 nitrogen and oxygen atoms in total. The standard InChI is InChI=1S/C28H31FN2O3S/c1-4-30(28(33)22-7-5-6-8-24(22)29)17-27(32)31-15-13-26-23(14-16-35-26)25(31)18-34-21-11-9-20(10-12-21)19(2)3/h5-12,14,16,19,25H,4,13,15,17-18H2,1-3H3. The minimum Gasteiger partial charge on any atom is -0.491 e. The van der Waals surface area contributed by atoms with Gasteiger partial charge >= 0.3 is 0 Å². The molecule has 2 heterocycles. The highest BCUT2D eigenvalue weighted by Crippen LogP contribution is 2.34. The molecule has 1 aliphatic heterocycles. The highest BCUT2D eigenvalue weighted by Gasteiger charge is 2.33. The Labute approximate surface area is 210 Å². The van der Waals surface area contributed by atoms with Crippen LogP contribution >= 0.6 is 11.3 Å². The molecule has 0 saturated heterocycles. The minimum atomic E-state index is -0.584. The molecule has 35 heavy (non-hydrogen) atoms. The van der Waals surface area contributed by atoms with Crippen molar-refractivity contribution in [3.8, 4) is 5.75 Å². The predicted octanol–water partition coefficient (Wildman–Crippen LogP) is 5.68. The van der Waals surface area contributed by atoms with E-state index in [4.69, 9.17) is 4.74 Å². The Morgan fingerprint density at radius 2 is 1.89 bits per heavy atom. The van der Waals surface area contributed by atoms with Crippen molar-refractivity contribution in [3.63, 3.8) is 0 Å². The molecule has 0 fully saturated rings. The first-order valence-corrected chi connectivity index (χ1v) is 12.9. The summed E-state index contributed by atoms with van der Waals surface area (Å²) in [6.07, 6.45) is 0.770. The summed E-state index contributed by atoms with van der Waals surface area (Å²) in [6.45, 7) is 7.16. The fourth-order valence-electron chi connectivity index (χ4n) is 4.39. The van der Waals surface area contributed by atoms with Gasteiger partial charge in [0.1, 0.15) is 24.7 Å². The van der Waals surface area contributed by atoms with Gasteiger partial charge < -0.3 is 14.5 Å². The molecule has 1 aliphatic rings. The smallest absolute Gasteiger partial charge is 0.257 e. The van der Waals surface area contributed by atoms with Crippen molar-refractivity contribution >= 4 is 23.2 Å². The van der Waals surface area contributed by atoms with Crippen LogP contribution < -0.4 is 4.74 Å². The van der Waals surface area contributed by atoms with Crippen LogP contribution in [0.5, 0.6) is 5.75 Å². The summed E-state index contributed by atoms with van der Waals surface area (Å²) >= 11 is 1.69. The van der Waals surface area contributed by atoms with Crippen LogP contribution in [0.3, 0.4) is 0 Å². The van der Waals surface area contributed by atoms with Gasteiger partial charge in [0.25, 0.3) is 5.91 Å². The molecule has 4 rings (SSSR count). The molecule has 0 N–H and O–H groups in total. The quantitative estimate of drug-likeness (QED) is 0.405. The zero-order valence-corrected chi connectivity index (χ0v) is 21.2. The van der Waals surface area contributed by atoms with Gasteiger partial charge in [0.05, 0.1) is 11.6 Å². The second kappa shape index (κ2) is 11.0. The first kappa shape index (κ1) is 24.9. The van der Waals surface area contributed by atoms with Gasteiger partial charge in [0.2, 0.25) is 5.91 Å². The Balaban J connectivity index is 1.49. The summed E-state index contributed by atoms with van der Waals surface area (Å²) in [4.78, 5) is 30.8. The zero-order valence-electron chi connectivity index (χ0n) is 20.4. The van der Waals surface area contributed by atoms with E-state index < -0.39 is 11.7 Å². The monoisotopic (exact) mass is 494 g/mol. The summed E-state index contributed by atoms with van der Waals surface area (Å²) in [5.74, 6) is -0.0343. The van der Waals surface area contributed by atoms with Crippen LogP contribution in [0.1, 0.15) is 59.1 Å². The SMILES string of the molecule is CCN(CC(=O)N1CCc2sccc2C1COc1ccc(C(C)C)cc1)C(=O)c1ccccc1F. The molecule has 1 unspecified atom stereocenters. The van der Waals surface area contributed by atoms with E-state index in [1.165, 1.54) is 27.5 Å². The second-order valence-corrected chi connectivity index (χ2v) is 9.99. The van der Waals surface area contributed by atoms with Crippen molar-refractivity contribution in [1.29, 1.82) is 0 Å². The number of hydrogen-bond acceptors (Lipinski definition) is 4. The van der Waals surface area contributed by atoms with Crippen molar-refractivity contribution in [3.05, 3.63) is 87.4 Å². The van der Waals surface area contributed by atoms with Crippen LogP contribution in [0.15, 0.2) is 60.0 Å². The number of thiophene rings is 1. The number of rotatable bonds is 8. The lowest BCUT2D eigenvalue weighted by Gasteiger charge is -2.37. The molecule has 0 saturated carbocycles. The van der Waals surface area contributed by atoms with E-state index in [2.05, 4.69) is 32.0 Å². The summed E-state index contributed by atoms with van der Waals surface area (Å²) in [6, 6.07) is 15.7.